The number of alkyl halides is 3. The summed E-state index contributed by atoms with van der Waals surface area (Å²) in [6, 6.07) is 2.91. The first-order valence-electron chi connectivity index (χ1n) is 10.6. The number of hydrogen-bond acceptors (Lipinski definition) is 6. The summed E-state index contributed by atoms with van der Waals surface area (Å²) in [7, 11) is 0. The third-order valence-electron chi connectivity index (χ3n) is 5.67. The van der Waals surface area contributed by atoms with Gasteiger partial charge in [0.15, 0.2) is 11.4 Å². The van der Waals surface area contributed by atoms with Crippen LogP contribution in [0.2, 0.25) is 0 Å². The van der Waals surface area contributed by atoms with E-state index in [0.717, 1.165) is 12.8 Å². The molecule has 8 nitrogen and oxygen atoms in total. The van der Waals surface area contributed by atoms with Gasteiger partial charge in [-0.1, -0.05) is 0 Å². The van der Waals surface area contributed by atoms with Crippen LogP contribution in [0, 0.1) is 11.8 Å². The van der Waals surface area contributed by atoms with Crippen LogP contribution >= 0.6 is 0 Å². The SMILES string of the molecule is CC(C)(C)OC(=O)N1C[C@H]2CC[C@@H](C1)[C@@H]2Nc1nc2c(O/C=C(\F)C(F)(F)F)cccn2n1. The number of aromatic nitrogens is 3. The van der Waals surface area contributed by atoms with Crippen LogP contribution in [-0.2, 0) is 4.74 Å². The zero-order chi connectivity index (χ0) is 24.0. The number of piperidine rings is 1. The van der Waals surface area contributed by atoms with Crippen molar-refractivity contribution in [2.45, 2.75) is 51.4 Å². The number of rotatable bonds is 4. The Morgan fingerprint density at radius 1 is 1.21 bits per heavy atom. The van der Waals surface area contributed by atoms with E-state index in [1.54, 1.807) is 11.1 Å². The Morgan fingerprint density at radius 3 is 2.48 bits per heavy atom. The van der Waals surface area contributed by atoms with Gasteiger partial charge in [-0.3, -0.25) is 0 Å². The van der Waals surface area contributed by atoms with Crippen LogP contribution in [0.3, 0.4) is 0 Å². The third-order valence-corrected chi connectivity index (χ3v) is 5.67. The van der Waals surface area contributed by atoms with Crippen LogP contribution < -0.4 is 10.1 Å². The largest absolute Gasteiger partial charge is 0.458 e. The number of nitrogens with one attached hydrogen (secondary N) is 1. The number of fused-ring (bicyclic) bond motifs is 3. The molecule has 3 heterocycles. The Labute approximate surface area is 187 Å². The van der Waals surface area contributed by atoms with Crippen LogP contribution in [0.15, 0.2) is 30.4 Å². The fraction of sp³-hybridized carbons (Fsp3) is 0.571. The molecule has 1 saturated heterocycles. The van der Waals surface area contributed by atoms with Crippen molar-refractivity contribution in [1.29, 1.82) is 0 Å². The summed E-state index contributed by atoms with van der Waals surface area (Å²) in [5, 5.41) is 7.62. The van der Waals surface area contributed by atoms with E-state index in [0.29, 0.717) is 13.1 Å². The molecule has 1 amide bonds. The van der Waals surface area contributed by atoms with Gasteiger partial charge in [-0.15, -0.1) is 5.10 Å². The lowest BCUT2D eigenvalue weighted by Crippen LogP contribution is -2.51. The molecule has 1 N–H and O–H groups in total. The van der Waals surface area contributed by atoms with Crippen LogP contribution in [0.1, 0.15) is 33.6 Å². The third kappa shape index (κ3) is 5.14. The number of pyridine rings is 1. The molecule has 2 aromatic rings. The highest BCUT2D eigenvalue weighted by Crippen LogP contribution is 2.39. The quantitative estimate of drug-likeness (QED) is 0.521. The van der Waals surface area contributed by atoms with Gasteiger partial charge in [-0.2, -0.15) is 22.5 Å². The van der Waals surface area contributed by atoms with Crippen molar-refractivity contribution < 1.29 is 31.8 Å². The second-order valence-corrected chi connectivity index (χ2v) is 9.31. The molecular formula is C21H25F4N5O3. The molecule has 33 heavy (non-hydrogen) atoms. The molecule has 2 aromatic heterocycles. The number of amides is 1. The standard InChI is InChI=1S/C21H25F4N5O3/c1-20(2,3)33-19(31)29-9-12-6-7-13(10-29)16(12)26-18-27-17-14(5-4-8-30(17)28-18)32-11-15(22)21(23,24)25/h4-5,8,11-13,16H,6-7,9-10H2,1-3H3,(H,26,28)/b15-11-/t12-,13+,16-. The zero-order valence-electron chi connectivity index (χ0n) is 18.4. The summed E-state index contributed by atoms with van der Waals surface area (Å²) in [5.41, 5.74) is -0.423. The second kappa shape index (κ2) is 8.38. The number of likely N-dealkylation sites (tertiary alicyclic amines) is 1. The van der Waals surface area contributed by atoms with Crippen LogP contribution in [0.4, 0.5) is 28.3 Å². The molecule has 0 aromatic carbocycles. The molecule has 0 radical (unpaired) electrons. The van der Waals surface area contributed by atoms with Crippen molar-refractivity contribution in [2.75, 3.05) is 18.4 Å². The minimum absolute atomic E-state index is 0.00371. The second-order valence-electron chi connectivity index (χ2n) is 9.31. The summed E-state index contributed by atoms with van der Waals surface area (Å²) in [6.45, 7) is 6.58. The summed E-state index contributed by atoms with van der Waals surface area (Å²) in [5.74, 6) is -1.78. The molecule has 12 heteroatoms. The summed E-state index contributed by atoms with van der Waals surface area (Å²) in [4.78, 5) is 18.5. The van der Waals surface area contributed by atoms with Crippen molar-refractivity contribution in [1.82, 2.24) is 19.5 Å². The molecule has 0 unspecified atom stereocenters. The number of halogens is 4. The Hall–Kier alpha value is -3.05. The van der Waals surface area contributed by atoms with Gasteiger partial charge in [0.2, 0.25) is 11.8 Å². The molecule has 4 rings (SSSR count). The van der Waals surface area contributed by atoms with E-state index >= 15 is 0 Å². The van der Waals surface area contributed by atoms with E-state index in [2.05, 4.69) is 15.4 Å². The van der Waals surface area contributed by atoms with Gasteiger partial charge in [0.1, 0.15) is 11.9 Å². The van der Waals surface area contributed by atoms with Crippen LogP contribution in [0.5, 0.6) is 5.75 Å². The van der Waals surface area contributed by atoms with E-state index in [-0.39, 0.29) is 47.6 Å². The van der Waals surface area contributed by atoms with E-state index < -0.39 is 17.6 Å². The van der Waals surface area contributed by atoms with Gasteiger partial charge in [-0.05, 0) is 57.6 Å². The number of hydrogen-bond donors (Lipinski definition) is 1. The highest BCUT2D eigenvalue weighted by atomic mass is 19.4. The van der Waals surface area contributed by atoms with Gasteiger partial charge >= 0.3 is 12.3 Å². The van der Waals surface area contributed by atoms with Crippen molar-refractivity contribution in [2.24, 2.45) is 11.8 Å². The van der Waals surface area contributed by atoms with Gasteiger partial charge in [0, 0.05) is 25.3 Å². The summed E-state index contributed by atoms with van der Waals surface area (Å²) in [6.07, 6.45) is -2.02. The van der Waals surface area contributed by atoms with Gasteiger partial charge in [-0.25, -0.2) is 9.31 Å². The highest BCUT2D eigenvalue weighted by Gasteiger charge is 2.44. The molecule has 180 valence electrons. The van der Waals surface area contributed by atoms with Crippen molar-refractivity contribution >= 4 is 17.7 Å². The van der Waals surface area contributed by atoms with E-state index in [4.69, 9.17) is 9.47 Å². The Balaban J connectivity index is 1.46. The first kappa shape index (κ1) is 23.1. The molecule has 2 bridgehead atoms. The topological polar surface area (TPSA) is 81.0 Å². The average Bonchev–Trinajstić information content (AvgIpc) is 3.20. The van der Waals surface area contributed by atoms with Crippen molar-refractivity contribution in [3.8, 4) is 5.75 Å². The molecule has 2 fully saturated rings. The lowest BCUT2D eigenvalue weighted by molar-refractivity contribution is -0.110. The average molecular weight is 471 g/mol. The van der Waals surface area contributed by atoms with Gasteiger partial charge in [0.05, 0.1) is 0 Å². The van der Waals surface area contributed by atoms with Crippen LogP contribution in [-0.4, -0.2) is 56.5 Å². The maximum Gasteiger partial charge on any atom is 0.446 e. The smallest absolute Gasteiger partial charge is 0.446 e. The normalized spacial score (nSPS) is 23.7. The Bertz CT molecular complexity index is 1050. The fourth-order valence-electron chi connectivity index (χ4n) is 4.30. The molecule has 1 aliphatic carbocycles. The van der Waals surface area contributed by atoms with E-state index in [1.807, 2.05) is 20.8 Å². The summed E-state index contributed by atoms with van der Waals surface area (Å²) >= 11 is 0. The Morgan fingerprint density at radius 2 is 1.88 bits per heavy atom. The number of allylic oxidation sites excluding steroid dienone is 1. The first-order chi connectivity index (χ1) is 15.4. The fourth-order valence-corrected chi connectivity index (χ4v) is 4.30. The van der Waals surface area contributed by atoms with E-state index in [1.165, 1.54) is 16.6 Å². The van der Waals surface area contributed by atoms with Crippen LogP contribution in [0.25, 0.3) is 5.65 Å². The number of carbonyl (C=O) groups is 1. The first-order valence-corrected chi connectivity index (χ1v) is 10.6. The predicted molar refractivity (Wildman–Crippen MR) is 110 cm³/mol. The maximum atomic E-state index is 13.1. The summed E-state index contributed by atoms with van der Waals surface area (Å²) < 4.78 is 61.9. The molecule has 2 aliphatic rings. The lowest BCUT2D eigenvalue weighted by Gasteiger charge is -2.38. The minimum Gasteiger partial charge on any atom is -0.458 e. The highest BCUT2D eigenvalue weighted by molar-refractivity contribution is 5.68. The zero-order valence-corrected chi connectivity index (χ0v) is 18.4. The number of carbonyl (C=O) groups excluding carboxylic acids is 1. The Kier molecular flexibility index (Phi) is 5.87. The molecule has 0 spiro atoms. The monoisotopic (exact) mass is 471 g/mol. The predicted octanol–water partition coefficient (Wildman–Crippen LogP) is 4.54. The van der Waals surface area contributed by atoms with E-state index in [9.17, 15) is 22.4 Å². The van der Waals surface area contributed by atoms with Crippen molar-refractivity contribution in [3.63, 3.8) is 0 Å². The molecule has 1 aliphatic heterocycles. The number of ether oxygens (including phenoxy) is 2. The maximum absolute atomic E-state index is 13.1. The lowest BCUT2D eigenvalue weighted by atomic mass is 9.92. The van der Waals surface area contributed by atoms with Gasteiger partial charge in [0.25, 0.3) is 0 Å². The van der Waals surface area contributed by atoms with Crippen molar-refractivity contribution in [3.05, 3.63) is 30.4 Å². The number of anilines is 1. The molecule has 3 atom stereocenters. The molecule has 1 saturated carbocycles. The number of nitrogens with zero attached hydrogens (tertiary/aromatic N) is 4. The van der Waals surface area contributed by atoms with Gasteiger partial charge < -0.3 is 19.7 Å². The minimum atomic E-state index is -5.13. The molecular weight excluding hydrogens is 446 g/mol.